The summed E-state index contributed by atoms with van der Waals surface area (Å²) in [6.45, 7) is 0.263. The van der Waals surface area contributed by atoms with Crippen LogP contribution in [0, 0.1) is 11.6 Å². The first-order valence-electron chi connectivity index (χ1n) is 12.2. The van der Waals surface area contributed by atoms with Gasteiger partial charge in [-0.25, -0.2) is 8.78 Å². The molecule has 0 saturated heterocycles. The molecule has 9 heteroatoms. The smallest absolute Gasteiger partial charge is 0.225 e. The molecule has 3 N–H and O–H groups in total. The lowest BCUT2D eigenvalue weighted by Gasteiger charge is -2.21. The first-order chi connectivity index (χ1) is 18.8. The Morgan fingerprint density at radius 2 is 1.74 bits per heavy atom. The third-order valence-electron chi connectivity index (χ3n) is 6.52. The fraction of sp³-hybridized carbons (Fsp3) is 0.133. The Morgan fingerprint density at radius 1 is 1.00 bits per heavy atom. The second-order valence-electron chi connectivity index (χ2n) is 9.24. The number of nitrogens with two attached hydrogens (primary N) is 1. The van der Waals surface area contributed by atoms with Gasteiger partial charge in [0, 0.05) is 41.0 Å². The quantitative estimate of drug-likeness (QED) is 0.233. The number of amides is 1. The van der Waals surface area contributed by atoms with E-state index in [-0.39, 0.29) is 19.4 Å². The van der Waals surface area contributed by atoms with Crippen LogP contribution in [0.1, 0.15) is 28.4 Å². The van der Waals surface area contributed by atoms with Gasteiger partial charge < -0.3 is 11.1 Å². The van der Waals surface area contributed by atoms with Crippen molar-refractivity contribution < 1.29 is 18.1 Å². The minimum absolute atomic E-state index is 0.0722. The number of nitrogens with one attached hydrogen (secondary N) is 1. The van der Waals surface area contributed by atoms with E-state index < -0.39 is 23.6 Å². The van der Waals surface area contributed by atoms with E-state index >= 15 is 0 Å². The predicted molar refractivity (Wildman–Crippen MR) is 146 cm³/mol. The number of benzene rings is 3. The van der Waals surface area contributed by atoms with Crippen LogP contribution in [0.4, 0.5) is 13.3 Å². The SMILES string of the molecule is NCc1ccc2c(CC(=O)N[C@@H](Cc3cc(F)cc(F)c3)c3ncccc3-c3ccc(Cl)cc3)cn(F)c2c1. The summed E-state index contributed by atoms with van der Waals surface area (Å²) in [5.74, 6) is -1.84. The summed E-state index contributed by atoms with van der Waals surface area (Å²) in [6, 6.07) is 18.4. The summed E-state index contributed by atoms with van der Waals surface area (Å²) in [6.07, 6.45) is 2.81. The Morgan fingerprint density at radius 3 is 2.46 bits per heavy atom. The summed E-state index contributed by atoms with van der Waals surface area (Å²) in [5.41, 5.74) is 9.65. The molecule has 5 nitrogen and oxygen atoms in total. The van der Waals surface area contributed by atoms with E-state index in [9.17, 15) is 18.1 Å². The Bertz CT molecular complexity index is 1630. The lowest BCUT2D eigenvalue weighted by molar-refractivity contribution is -0.121. The summed E-state index contributed by atoms with van der Waals surface area (Å²) in [5, 5.41) is 4.12. The highest BCUT2D eigenvalue weighted by molar-refractivity contribution is 6.30. The van der Waals surface area contributed by atoms with Crippen LogP contribution < -0.4 is 11.1 Å². The first-order valence-corrected chi connectivity index (χ1v) is 12.6. The molecule has 0 spiro atoms. The molecule has 0 fully saturated rings. The van der Waals surface area contributed by atoms with Crippen molar-refractivity contribution >= 4 is 28.4 Å². The van der Waals surface area contributed by atoms with Gasteiger partial charge in [0.2, 0.25) is 5.91 Å². The van der Waals surface area contributed by atoms with Crippen LogP contribution in [0.15, 0.2) is 85.2 Å². The molecular weight excluding hydrogens is 525 g/mol. The molecule has 0 bridgehead atoms. The van der Waals surface area contributed by atoms with Crippen molar-refractivity contribution in [2.75, 3.05) is 0 Å². The Kier molecular flexibility index (Phi) is 7.67. The van der Waals surface area contributed by atoms with Gasteiger partial charge in [-0.05, 0) is 65.1 Å². The molecule has 0 radical (unpaired) electrons. The summed E-state index contributed by atoms with van der Waals surface area (Å²) in [7, 11) is 0. The van der Waals surface area contributed by atoms with Crippen molar-refractivity contribution in [2.45, 2.75) is 25.4 Å². The van der Waals surface area contributed by atoms with E-state index in [1.54, 1.807) is 42.6 Å². The number of nitrogens with zero attached hydrogens (tertiary/aromatic N) is 2. The maximum absolute atomic E-state index is 14.6. The second kappa shape index (κ2) is 11.3. The van der Waals surface area contributed by atoms with Crippen LogP contribution in [-0.4, -0.2) is 15.7 Å². The maximum Gasteiger partial charge on any atom is 0.225 e. The van der Waals surface area contributed by atoms with E-state index in [0.29, 0.717) is 37.5 Å². The number of hydrogen-bond acceptors (Lipinski definition) is 3. The molecule has 3 aromatic carbocycles. The maximum atomic E-state index is 14.6. The van der Waals surface area contributed by atoms with Gasteiger partial charge in [0.1, 0.15) is 11.6 Å². The largest absolute Gasteiger partial charge is 0.347 e. The molecule has 5 rings (SSSR count). The van der Waals surface area contributed by atoms with Crippen LogP contribution in [0.2, 0.25) is 5.02 Å². The molecule has 2 aromatic heterocycles. The molecule has 39 heavy (non-hydrogen) atoms. The van der Waals surface area contributed by atoms with Crippen LogP contribution in [0.3, 0.4) is 0 Å². The molecular formula is C30H24ClF3N4O. The second-order valence-corrected chi connectivity index (χ2v) is 9.68. The van der Waals surface area contributed by atoms with Crippen molar-refractivity contribution in [3.8, 4) is 11.1 Å². The number of carbonyl (C=O) groups excluding carboxylic acids is 1. The van der Waals surface area contributed by atoms with Gasteiger partial charge in [-0.2, -0.15) is 4.79 Å². The van der Waals surface area contributed by atoms with Crippen molar-refractivity contribution in [3.63, 3.8) is 0 Å². The molecule has 5 aromatic rings. The normalized spacial score (nSPS) is 12.0. The van der Waals surface area contributed by atoms with Gasteiger partial charge in [0.15, 0.2) is 0 Å². The van der Waals surface area contributed by atoms with Gasteiger partial charge in [-0.3, -0.25) is 9.78 Å². The van der Waals surface area contributed by atoms with Gasteiger partial charge >= 0.3 is 0 Å². The number of fused-ring (bicyclic) bond motifs is 1. The minimum Gasteiger partial charge on any atom is -0.347 e. The fourth-order valence-electron chi connectivity index (χ4n) is 4.74. The fourth-order valence-corrected chi connectivity index (χ4v) is 4.86. The predicted octanol–water partition coefficient (Wildman–Crippen LogP) is 6.47. The minimum atomic E-state index is -0.742. The number of rotatable bonds is 8. The Hall–Kier alpha value is -4.14. The average molecular weight is 549 g/mol. The van der Waals surface area contributed by atoms with E-state index in [1.807, 2.05) is 18.2 Å². The monoisotopic (exact) mass is 548 g/mol. The van der Waals surface area contributed by atoms with Gasteiger partial charge in [-0.1, -0.05) is 46.4 Å². The summed E-state index contributed by atoms with van der Waals surface area (Å²) >= 11 is 6.07. The highest BCUT2D eigenvalue weighted by atomic mass is 35.5. The van der Waals surface area contributed by atoms with Crippen molar-refractivity contribution in [1.29, 1.82) is 0 Å². The highest BCUT2D eigenvalue weighted by Crippen LogP contribution is 2.30. The lowest BCUT2D eigenvalue weighted by Crippen LogP contribution is -2.32. The van der Waals surface area contributed by atoms with Gasteiger partial charge in [-0.15, -0.1) is 0 Å². The highest BCUT2D eigenvalue weighted by Gasteiger charge is 2.22. The first kappa shape index (κ1) is 26.5. The Labute approximate surface area is 228 Å². The zero-order valence-corrected chi connectivity index (χ0v) is 21.4. The van der Waals surface area contributed by atoms with Gasteiger partial charge in [0.05, 0.1) is 23.7 Å². The van der Waals surface area contributed by atoms with E-state index in [4.69, 9.17) is 17.3 Å². The van der Waals surface area contributed by atoms with Crippen LogP contribution in [0.25, 0.3) is 22.0 Å². The summed E-state index contributed by atoms with van der Waals surface area (Å²) < 4.78 is 42.6. The van der Waals surface area contributed by atoms with Crippen molar-refractivity contribution in [1.82, 2.24) is 15.1 Å². The zero-order valence-electron chi connectivity index (χ0n) is 20.7. The van der Waals surface area contributed by atoms with Gasteiger partial charge in [0.25, 0.3) is 0 Å². The molecule has 198 valence electrons. The molecule has 0 aliphatic rings. The molecule has 1 amide bonds. The molecule has 1 atom stereocenters. The molecule has 0 aliphatic heterocycles. The standard InChI is InChI=1S/C30H24ClF3N4O/c31-22-6-4-20(5-7-22)26-2-1-9-36-30(26)27(12-19-10-23(32)15-24(33)11-19)37-29(39)14-21-17-38(34)28-13-18(16-35)3-8-25(21)28/h1-11,13,15,17,27H,12,14,16,35H2,(H,37,39)/t27-/m0/s1. The molecule has 0 aliphatic carbocycles. The molecule has 2 heterocycles. The van der Waals surface area contributed by atoms with Crippen LogP contribution in [-0.2, 0) is 24.2 Å². The van der Waals surface area contributed by atoms with E-state index in [0.717, 1.165) is 22.8 Å². The van der Waals surface area contributed by atoms with Crippen LogP contribution in [0.5, 0.6) is 0 Å². The number of pyridine rings is 1. The molecule has 0 saturated carbocycles. The third kappa shape index (κ3) is 5.97. The lowest BCUT2D eigenvalue weighted by atomic mass is 9.95. The average Bonchev–Trinajstić information content (AvgIpc) is 3.22. The van der Waals surface area contributed by atoms with Crippen LogP contribution >= 0.6 is 11.6 Å². The Balaban J connectivity index is 1.49. The van der Waals surface area contributed by atoms with E-state index in [2.05, 4.69) is 10.3 Å². The van der Waals surface area contributed by atoms with E-state index in [1.165, 1.54) is 18.3 Å². The number of halogens is 4. The zero-order chi connectivity index (χ0) is 27.5. The third-order valence-corrected chi connectivity index (χ3v) is 6.77. The van der Waals surface area contributed by atoms with Crippen molar-refractivity contribution in [3.05, 3.63) is 124 Å². The molecule has 0 unspecified atom stereocenters. The number of carbonyl (C=O) groups is 1. The topological polar surface area (TPSA) is 72.9 Å². The number of aromatic nitrogens is 2. The van der Waals surface area contributed by atoms with Crippen molar-refractivity contribution in [2.24, 2.45) is 5.73 Å². The summed E-state index contributed by atoms with van der Waals surface area (Å²) in [4.78, 5) is 18.3. The number of hydrogen-bond donors (Lipinski definition) is 2.